The quantitative estimate of drug-likeness (QED) is 0.527. The van der Waals surface area contributed by atoms with E-state index >= 15 is 0 Å². The second kappa shape index (κ2) is 6.76. The van der Waals surface area contributed by atoms with Crippen LogP contribution in [0.4, 0.5) is 11.4 Å². The van der Waals surface area contributed by atoms with Crippen LogP contribution in [0, 0.1) is 10.1 Å². The number of hydrogen-bond donors (Lipinski definition) is 1. The van der Waals surface area contributed by atoms with Crippen molar-refractivity contribution < 1.29 is 4.92 Å². The van der Waals surface area contributed by atoms with E-state index in [0.717, 1.165) is 10.6 Å². The summed E-state index contributed by atoms with van der Waals surface area (Å²) in [5.41, 5.74) is 1.32. The van der Waals surface area contributed by atoms with Crippen molar-refractivity contribution in [3.63, 3.8) is 0 Å². The van der Waals surface area contributed by atoms with Crippen molar-refractivity contribution in [2.75, 3.05) is 5.32 Å². The van der Waals surface area contributed by atoms with E-state index in [2.05, 4.69) is 10.3 Å². The van der Waals surface area contributed by atoms with Crippen LogP contribution in [0.3, 0.4) is 0 Å². The molecule has 0 amide bonds. The Morgan fingerprint density at radius 2 is 2.00 bits per heavy atom. The minimum Gasteiger partial charge on any atom is -0.366 e. The summed E-state index contributed by atoms with van der Waals surface area (Å²) < 4.78 is 0. The molecule has 1 N–H and O–H groups in total. The molecule has 1 unspecified atom stereocenters. The van der Waals surface area contributed by atoms with Crippen LogP contribution in [-0.4, -0.2) is 9.91 Å². The van der Waals surface area contributed by atoms with Crippen LogP contribution in [-0.2, 0) is 0 Å². The number of nitrogens with zero attached hydrogens (tertiary/aromatic N) is 2. The number of nitrogens with one attached hydrogen (secondary N) is 1. The average Bonchev–Trinajstić information content (AvgIpc) is 3.08. The van der Waals surface area contributed by atoms with Gasteiger partial charge in [0.2, 0.25) is 0 Å². The molecule has 0 saturated carbocycles. The third kappa shape index (κ3) is 3.49. The Hall–Kier alpha value is -2.44. The summed E-state index contributed by atoms with van der Waals surface area (Å²) in [4.78, 5) is 15.2. The highest BCUT2D eigenvalue weighted by Crippen LogP contribution is 2.34. The van der Waals surface area contributed by atoms with Crippen LogP contribution in [0.5, 0.6) is 0 Å². The van der Waals surface area contributed by atoms with E-state index < -0.39 is 4.92 Å². The van der Waals surface area contributed by atoms with E-state index in [1.165, 1.54) is 17.4 Å². The van der Waals surface area contributed by atoms with Crippen molar-refractivity contribution in [1.82, 2.24) is 4.98 Å². The first-order valence-corrected chi connectivity index (χ1v) is 8.06. The lowest BCUT2D eigenvalue weighted by Gasteiger charge is -2.18. The summed E-state index contributed by atoms with van der Waals surface area (Å²) in [6, 6.07) is 14.0. The zero-order valence-corrected chi connectivity index (χ0v) is 13.4. The standard InChI is InChI=1S/C16H12ClN3O2S/c17-12-6-7-13(14(10-12)20(21)22)19-15(16-18-8-9-23-16)11-4-2-1-3-5-11/h1-10,15,19H. The molecule has 2 aromatic carbocycles. The highest BCUT2D eigenvalue weighted by molar-refractivity contribution is 7.09. The monoisotopic (exact) mass is 345 g/mol. The SMILES string of the molecule is O=[N+]([O-])c1cc(Cl)ccc1NC(c1ccccc1)c1nccs1. The summed E-state index contributed by atoms with van der Waals surface area (Å²) >= 11 is 7.36. The maximum atomic E-state index is 11.3. The largest absolute Gasteiger partial charge is 0.366 e. The summed E-state index contributed by atoms with van der Waals surface area (Å²) in [5.74, 6) is 0. The first-order valence-electron chi connectivity index (χ1n) is 6.80. The maximum Gasteiger partial charge on any atom is 0.293 e. The highest BCUT2D eigenvalue weighted by Gasteiger charge is 2.21. The van der Waals surface area contributed by atoms with Crippen LogP contribution in [0.1, 0.15) is 16.6 Å². The smallest absolute Gasteiger partial charge is 0.293 e. The second-order valence-corrected chi connectivity index (χ2v) is 6.14. The van der Waals surface area contributed by atoms with Crippen molar-refractivity contribution in [3.8, 4) is 0 Å². The number of aromatic nitrogens is 1. The Balaban J connectivity index is 2.02. The summed E-state index contributed by atoms with van der Waals surface area (Å²) in [5, 5.41) is 17.5. The van der Waals surface area contributed by atoms with Gasteiger partial charge in [-0.15, -0.1) is 11.3 Å². The number of halogens is 1. The number of thiazole rings is 1. The van der Waals surface area contributed by atoms with Crippen molar-refractivity contribution in [3.05, 3.63) is 85.8 Å². The number of nitro groups is 1. The fraction of sp³-hybridized carbons (Fsp3) is 0.0625. The average molecular weight is 346 g/mol. The number of nitro benzene ring substituents is 1. The Labute approximate surface area is 141 Å². The Kier molecular flexibility index (Phi) is 4.55. The molecule has 0 bridgehead atoms. The number of benzene rings is 2. The van der Waals surface area contributed by atoms with Gasteiger partial charge in [-0.25, -0.2) is 4.98 Å². The first kappa shape index (κ1) is 15.5. The molecular weight excluding hydrogens is 334 g/mol. The Morgan fingerprint density at radius 1 is 1.22 bits per heavy atom. The fourth-order valence-electron chi connectivity index (χ4n) is 2.24. The molecule has 1 heterocycles. The van der Waals surface area contributed by atoms with Crippen molar-refractivity contribution in [1.29, 1.82) is 0 Å². The van der Waals surface area contributed by atoms with Crippen LogP contribution in [0.2, 0.25) is 5.02 Å². The van der Waals surface area contributed by atoms with E-state index in [4.69, 9.17) is 11.6 Å². The van der Waals surface area contributed by atoms with Gasteiger partial charge >= 0.3 is 0 Å². The second-order valence-electron chi connectivity index (χ2n) is 4.78. The van der Waals surface area contributed by atoms with Crippen LogP contribution < -0.4 is 5.32 Å². The molecule has 0 saturated heterocycles. The van der Waals surface area contributed by atoms with E-state index in [0.29, 0.717) is 10.7 Å². The molecule has 0 spiro atoms. The van der Waals surface area contributed by atoms with Gasteiger partial charge in [-0.3, -0.25) is 10.1 Å². The molecule has 3 rings (SSSR count). The maximum absolute atomic E-state index is 11.3. The summed E-state index contributed by atoms with van der Waals surface area (Å²) in [6.07, 6.45) is 1.72. The van der Waals surface area contributed by atoms with Crippen LogP contribution in [0.25, 0.3) is 0 Å². The van der Waals surface area contributed by atoms with Crippen LogP contribution >= 0.6 is 22.9 Å². The predicted molar refractivity (Wildman–Crippen MR) is 92.1 cm³/mol. The lowest BCUT2D eigenvalue weighted by atomic mass is 10.1. The Bertz CT molecular complexity index is 809. The lowest BCUT2D eigenvalue weighted by molar-refractivity contribution is -0.384. The number of anilines is 1. The lowest BCUT2D eigenvalue weighted by Crippen LogP contribution is -2.13. The topological polar surface area (TPSA) is 68.1 Å². The van der Waals surface area contributed by atoms with Gasteiger partial charge in [0.05, 0.1) is 4.92 Å². The molecule has 0 aliphatic carbocycles. The third-order valence-electron chi connectivity index (χ3n) is 3.29. The minimum atomic E-state index is -0.446. The van der Waals surface area contributed by atoms with Gasteiger partial charge in [0.15, 0.2) is 0 Å². The molecule has 0 radical (unpaired) electrons. The van der Waals surface area contributed by atoms with Gasteiger partial charge in [0.25, 0.3) is 5.69 Å². The van der Waals surface area contributed by atoms with E-state index in [1.807, 2.05) is 35.7 Å². The van der Waals surface area contributed by atoms with Gasteiger partial charge in [-0.1, -0.05) is 41.9 Å². The fourth-order valence-corrected chi connectivity index (χ4v) is 3.12. The van der Waals surface area contributed by atoms with E-state index in [-0.39, 0.29) is 11.7 Å². The molecular formula is C16H12ClN3O2S. The van der Waals surface area contributed by atoms with Crippen molar-refractivity contribution in [2.45, 2.75) is 6.04 Å². The molecule has 23 heavy (non-hydrogen) atoms. The highest BCUT2D eigenvalue weighted by atomic mass is 35.5. The molecule has 3 aromatic rings. The van der Waals surface area contributed by atoms with Crippen molar-refractivity contribution in [2.24, 2.45) is 0 Å². The third-order valence-corrected chi connectivity index (χ3v) is 4.36. The van der Waals surface area contributed by atoms with Gasteiger partial charge in [0.1, 0.15) is 16.7 Å². The first-order chi connectivity index (χ1) is 11.1. The molecule has 0 aliphatic rings. The zero-order valence-electron chi connectivity index (χ0n) is 11.8. The van der Waals surface area contributed by atoms with Crippen molar-refractivity contribution >= 4 is 34.3 Å². The van der Waals surface area contributed by atoms with Gasteiger partial charge in [-0.05, 0) is 17.7 Å². The molecule has 0 aliphatic heterocycles. The number of hydrogen-bond acceptors (Lipinski definition) is 5. The minimum absolute atomic E-state index is 0.0602. The zero-order chi connectivity index (χ0) is 16.2. The number of rotatable bonds is 5. The normalized spacial score (nSPS) is 11.9. The molecule has 1 atom stereocenters. The van der Waals surface area contributed by atoms with Gasteiger partial charge in [0, 0.05) is 22.7 Å². The molecule has 7 heteroatoms. The molecule has 5 nitrogen and oxygen atoms in total. The van der Waals surface area contributed by atoms with E-state index in [1.54, 1.807) is 18.3 Å². The molecule has 1 aromatic heterocycles. The van der Waals surface area contributed by atoms with Gasteiger partial charge in [-0.2, -0.15) is 0 Å². The molecule has 0 fully saturated rings. The summed E-state index contributed by atoms with van der Waals surface area (Å²) in [6.45, 7) is 0. The predicted octanol–water partition coefficient (Wildman–Crippen LogP) is 4.91. The summed E-state index contributed by atoms with van der Waals surface area (Å²) in [7, 11) is 0. The Morgan fingerprint density at radius 3 is 2.65 bits per heavy atom. The molecule has 116 valence electrons. The van der Waals surface area contributed by atoms with Gasteiger partial charge < -0.3 is 5.32 Å². The van der Waals surface area contributed by atoms with Crippen LogP contribution in [0.15, 0.2) is 60.1 Å². The van der Waals surface area contributed by atoms with E-state index in [9.17, 15) is 10.1 Å².